The van der Waals surface area contributed by atoms with Gasteiger partial charge in [0, 0.05) is 11.4 Å². The van der Waals surface area contributed by atoms with Crippen molar-refractivity contribution in [2.75, 3.05) is 0 Å². The normalized spacial score (nSPS) is 21.1. The molecule has 1 fully saturated rings. The number of halogens is 1. The Labute approximate surface area is 151 Å². The van der Waals surface area contributed by atoms with Crippen molar-refractivity contribution in [3.8, 4) is 5.69 Å². The van der Waals surface area contributed by atoms with Gasteiger partial charge in [-0.1, -0.05) is 30.7 Å². The Bertz CT molecular complexity index is 783. The van der Waals surface area contributed by atoms with E-state index in [0.29, 0.717) is 11.4 Å². The van der Waals surface area contributed by atoms with E-state index in [-0.39, 0.29) is 18.3 Å². The number of aliphatic hydroxyl groups is 1. The minimum Gasteiger partial charge on any atom is -0.458 e. The topological polar surface area (TPSA) is 77.2 Å². The van der Waals surface area contributed by atoms with Crippen molar-refractivity contribution in [1.82, 2.24) is 15.0 Å². The molecule has 1 aliphatic heterocycles. The van der Waals surface area contributed by atoms with E-state index in [2.05, 4.69) is 10.3 Å². The molecular weight excluding hydrogens is 342 g/mol. The molecule has 0 saturated carbocycles. The molecular formula is C18H20ClN3O3. The zero-order valence-corrected chi connectivity index (χ0v) is 14.8. The lowest BCUT2D eigenvalue weighted by Crippen LogP contribution is -2.31. The number of carbonyl (C=O) groups is 1. The number of nitrogens with zero attached hydrogens (tertiary/aromatic N) is 3. The molecule has 2 unspecified atom stereocenters. The Hall–Kier alpha value is -2.18. The predicted octanol–water partition coefficient (Wildman–Crippen LogP) is 3.12. The van der Waals surface area contributed by atoms with Crippen LogP contribution < -0.4 is 0 Å². The van der Waals surface area contributed by atoms with Crippen LogP contribution in [0.2, 0.25) is 5.02 Å². The van der Waals surface area contributed by atoms with E-state index in [9.17, 15) is 9.90 Å². The van der Waals surface area contributed by atoms with Crippen LogP contribution in [0.25, 0.3) is 11.8 Å². The van der Waals surface area contributed by atoms with Gasteiger partial charge in [-0.15, -0.1) is 5.10 Å². The van der Waals surface area contributed by atoms with Crippen molar-refractivity contribution >= 4 is 23.6 Å². The molecule has 1 saturated heterocycles. The lowest BCUT2D eigenvalue weighted by molar-refractivity contribution is -0.156. The second-order valence-corrected chi connectivity index (χ2v) is 6.82. The second kappa shape index (κ2) is 7.37. The van der Waals surface area contributed by atoms with E-state index in [1.165, 1.54) is 0 Å². The Balaban J connectivity index is 1.93. The minimum atomic E-state index is -0.667. The van der Waals surface area contributed by atoms with E-state index in [1.807, 2.05) is 32.1 Å². The summed E-state index contributed by atoms with van der Waals surface area (Å²) in [6, 6.07) is 7.31. The number of esters is 1. The molecule has 2 atom stereocenters. The summed E-state index contributed by atoms with van der Waals surface area (Å²) < 4.78 is 6.99. The van der Waals surface area contributed by atoms with Crippen molar-refractivity contribution in [2.45, 2.75) is 44.8 Å². The smallest absolute Gasteiger partial charge is 0.309 e. The first kappa shape index (κ1) is 17.6. The fraction of sp³-hybridized carbons (Fsp3) is 0.389. The van der Waals surface area contributed by atoms with Crippen molar-refractivity contribution < 1.29 is 14.6 Å². The zero-order valence-electron chi connectivity index (χ0n) is 14.1. The largest absolute Gasteiger partial charge is 0.458 e. The molecule has 2 aromatic rings. The van der Waals surface area contributed by atoms with Gasteiger partial charge in [0.05, 0.1) is 29.6 Å². The van der Waals surface area contributed by atoms with Crippen LogP contribution in [0.5, 0.6) is 0 Å². The molecule has 3 rings (SSSR count). The SMILES string of the molecule is CC(C)c1nnn(-c2ccc(Cl)cc2)c1/C=C/C1CC(O)CC(=O)O1. The van der Waals surface area contributed by atoms with Gasteiger partial charge in [0.1, 0.15) is 6.10 Å². The highest BCUT2D eigenvalue weighted by atomic mass is 35.5. The third kappa shape index (κ3) is 4.08. The molecule has 0 spiro atoms. The van der Waals surface area contributed by atoms with Gasteiger partial charge in [-0.25, -0.2) is 4.68 Å². The summed E-state index contributed by atoms with van der Waals surface area (Å²) in [5.41, 5.74) is 2.49. The fourth-order valence-corrected chi connectivity index (χ4v) is 2.89. The zero-order chi connectivity index (χ0) is 18.0. The third-order valence-corrected chi connectivity index (χ3v) is 4.26. The molecule has 1 aromatic carbocycles. The number of cyclic esters (lactones) is 1. The van der Waals surface area contributed by atoms with E-state index in [1.54, 1.807) is 22.9 Å². The van der Waals surface area contributed by atoms with E-state index in [0.717, 1.165) is 17.1 Å². The molecule has 1 aromatic heterocycles. The first-order chi connectivity index (χ1) is 11.9. The predicted molar refractivity (Wildman–Crippen MR) is 94.6 cm³/mol. The first-order valence-electron chi connectivity index (χ1n) is 8.21. The molecule has 0 bridgehead atoms. The summed E-state index contributed by atoms with van der Waals surface area (Å²) >= 11 is 5.95. The number of carbonyl (C=O) groups excluding carboxylic acids is 1. The monoisotopic (exact) mass is 361 g/mol. The third-order valence-electron chi connectivity index (χ3n) is 4.01. The highest BCUT2D eigenvalue weighted by molar-refractivity contribution is 6.30. The van der Waals surface area contributed by atoms with Gasteiger partial charge in [0.2, 0.25) is 0 Å². The fourth-order valence-electron chi connectivity index (χ4n) is 2.77. The van der Waals surface area contributed by atoms with Crippen LogP contribution in [0.4, 0.5) is 0 Å². The van der Waals surface area contributed by atoms with Crippen LogP contribution in [-0.4, -0.2) is 38.3 Å². The maximum Gasteiger partial charge on any atom is 0.309 e. The van der Waals surface area contributed by atoms with Crippen LogP contribution in [-0.2, 0) is 9.53 Å². The summed E-state index contributed by atoms with van der Waals surface area (Å²) in [7, 11) is 0. The van der Waals surface area contributed by atoms with Gasteiger partial charge >= 0.3 is 5.97 Å². The van der Waals surface area contributed by atoms with Gasteiger partial charge in [0.15, 0.2) is 0 Å². The van der Waals surface area contributed by atoms with Crippen molar-refractivity contribution in [3.05, 3.63) is 46.8 Å². The second-order valence-electron chi connectivity index (χ2n) is 6.38. The van der Waals surface area contributed by atoms with Crippen LogP contribution >= 0.6 is 11.6 Å². The Morgan fingerprint density at radius 1 is 1.36 bits per heavy atom. The molecule has 7 heteroatoms. The van der Waals surface area contributed by atoms with E-state index < -0.39 is 12.2 Å². The van der Waals surface area contributed by atoms with Crippen molar-refractivity contribution in [2.24, 2.45) is 0 Å². The van der Waals surface area contributed by atoms with Gasteiger partial charge in [-0.2, -0.15) is 0 Å². The van der Waals surface area contributed by atoms with Crippen LogP contribution in [0, 0.1) is 0 Å². The highest BCUT2D eigenvalue weighted by Gasteiger charge is 2.25. The molecule has 2 heterocycles. The van der Waals surface area contributed by atoms with Crippen LogP contribution in [0.3, 0.4) is 0 Å². The van der Waals surface area contributed by atoms with Gasteiger partial charge in [0.25, 0.3) is 0 Å². The maximum atomic E-state index is 11.5. The van der Waals surface area contributed by atoms with Crippen molar-refractivity contribution in [1.29, 1.82) is 0 Å². The van der Waals surface area contributed by atoms with Crippen LogP contribution in [0.1, 0.15) is 44.0 Å². The Kier molecular flexibility index (Phi) is 5.20. The van der Waals surface area contributed by atoms with Gasteiger partial charge < -0.3 is 9.84 Å². The number of hydrogen-bond acceptors (Lipinski definition) is 5. The summed E-state index contributed by atoms with van der Waals surface area (Å²) in [6.45, 7) is 4.08. The summed E-state index contributed by atoms with van der Waals surface area (Å²) in [4.78, 5) is 11.5. The number of hydrogen-bond donors (Lipinski definition) is 1. The van der Waals surface area contributed by atoms with Crippen molar-refractivity contribution in [3.63, 3.8) is 0 Å². The molecule has 132 valence electrons. The Morgan fingerprint density at radius 3 is 2.72 bits per heavy atom. The summed E-state index contributed by atoms with van der Waals surface area (Å²) in [5, 5.41) is 18.9. The molecule has 6 nitrogen and oxygen atoms in total. The average molecular weight is 362 g/mol. The molecule has 0 radical (unpaired) electrons. The number of ether oxygens (including phenoxy) is 1. The quantitative estimate of drug-likeness (QED) is 0.846. The molecule has 0 aliphatic carbocycles. The number of rotatable bonds is 4. The molecule has 1 aliphatic rings. The summed E-state index contributed by atoms with van der Waals surface area (Å²) in [5.74, 6) is -0.206. The number of benzene rings is 1. The highest BCUT2D eigenvalue weighted by Crippen LogP contribution is 2.24. The molecule has 0 amide bonds. The van der Waals surface area contributed by atoms with Gasteiger partial charge in [-0.3, -0.25) is 4.79 Å². The number of aliphatic hydroxyl groups excluding tert-OH is 1. The molecule has 25 heavy (non-hydrogen) atoms. The minimum absolute atomic E-state index is 0.0475. The summed E-state index contributed by atoms with van der Waals surface area (Å²) in [6.07, 6.45) is 2.94. The lowest BCUT2D eigenvalue weighted by Gasteiger charge is -2.23. The van der Waals surface area contributed by atoms with Gasteiger partial charge in [-0.05, 0) is 42.3 Å². The molecule has 1 N–H and O–H groups in total. The van der Waals surface area contributed by atoms with Crippen LogP contribution in [0.15, 0.2) is 30.3 Å². The standard InChI is InChI=1S/C18H20ClN3O3/c1-11(2)18-16(8-7-15-9-14(23)10-17(24)25-15)22(21-20-18)13-5-3-12(19)4-6-13/h3-8,11,14-15,23H,9-10H2,1-2H3/b8-7+. The first-order valence-corrected chi connectivity index (χ1v) is 8.59. The van der Waals surface area contributed by atoms with E-state index >= 15 is 0 Å². The Morgan fingerprint density at radius 2 is 2.08 bits per heavy atom. The lowest BCUT2D eigenvalue weighted by atomic mass is 10.0. The maximum absolute atomic E-state index is 11.5. The average Bonchev–Trinajstić information content (AvgIpc) is 2.97. The van der Waals surface area contributed by atoms with E-state index in [4.69, 9.17) is 16.3 Å². The number of aromatic nitrogens is 3.